The molecule has 16 heteroatoms. The average molecular weight is 618 g/mol. The van der Waals surface area contributed by atoms with Crippen molar-refractivity contribution in [2.45, 2.75) is 4.90 Å². The van der Waals surface area contributed by atoms with Gasteiger partial charge in [0.05, 0.1) is 17.0 Å². The Labute approximate surface area is 245 Å². The molecular formula is C26H24ClN5O9S. The van der Waals surface area contributed by atoms with E-state index < -0.39 is 16.1 Å². The summed E-state index contributed by atoms with van der Waals surface area (Å²) in [5.41, 5.74) is 0. The lowest BCUT2D eigenvalue weighted by Crippen LogP contribution is -2.19. The van der Waals surface area contributed by atoms with Crippen LogP contribution in [-0.2, 0) is 21.8 Å². The second-order valence-electron chi connectivity index (χ2n) is 8.49. The van der Waals surface area contributed by atoms with E-state index in [1.807, 2.05) is 0 Å². The molecule has 0 spiro atoms. The van der Waals surface area contributed by atoms with Crippen LogP contribution in [0.15, 0.2) is 66.0 Å². The van der Waals surface area contributed by atoms with Crippen LogP contribution in [0.4, 0.5) is 16.4 Å². The van der Waals surface area contributed by atoms with Gasteiger partial charge in [-0.05, 0) is 36.4 Å². The number of aromatic nitrogens is 3. The summed E-state index contributed by atoms with van der Waals surface area (Å²) in [4.78, 5) is 20.2. The lowest BCUT2D eigenvalue weighted by molar-refractivity contribution is 0.135. The van der Waals surface area contributed by atoms with E-state index in [4.69, 9.17) is 40.0 Å². The standard InChI is InChI=1S/C26H24ClN5O9S/c1-32-9-3-4-22(32)30-26(33)38-11-10-37-25-23(41-20-12-16(36-2)5-7-18(20)27)24(28-14-29-25)31-42(34,35)17-6-8-19-21(13-17)40-15-39-19/h3-9,12-14H,10-11,15H2,1-2H3,(H,30,33)(H,28,29,31). The second-order valence-corrected chi connectivity index (χ2v) is 10.6. The Bertz CT molecular complexity index is 1710. The molecule has 0 atom stereocenters. The van der Waals surface area contributed by atoms with Crippen LogP contribution in [0.25, 0.3) is 0 Å². The van der Waals surface area contributed by atoms with E-state index in [1.54, 1.807) is 36.0 Å². The molecule has 0 saturated carbocycles. The third-order valence-corrected chi connectivity index (χ3v) is 7.38. The van der Waals surface area contributed by atoms with E-state index in [1.165, 1.54) is 37.4 Å². The zero-order valence-electron chi connectivity index (χ0n) is 22.2. The van der Waals surface area contributed by atoms with E-state index in [9.17, 15) is 13.2 Å². The average Bonchev–Trinajstić information content (AvgIpc) is 3.61. The monoisotopic (exact) mass is 617 g/mol. The molecule has 0 fully saturated rings. The number of carbonyl (C=O) groups excluding carboxylic acids is 1. The highest BCUT2D eigenvalue weighted by molar-refractivity contribution is 7.92. The second kappa shape index (κ2) is 12.3. The predicted molar refractivity (Wildman–Crippen MR) is 149 cm³/mol. The lowest BCUT2D eigenvalue weighted by atomic mass is 10.3. The minimum Gasteiger partial charge on any atom is -0.497 e. The Balaban J connectivity index is 1.37. The molecule has 2 aromatic carbocycles. The van der Waals surface area contributed by atoms with Gasteiger partial charge in [-0.1, -0.05) is 11.6 Å². The third kappa shape index (κ3) is 6.53. The fourth-order valence-corrected chi connectivity index (χ4v) is 4.84. The first-order chi connectivity index (χ1) is 20.2. The predicted octanol–water partition coefficient (Wildman–Crippen LogP) is 4.43. The number of benzene rings is 2. The maximum Gasteiger partial charge on any atom is 0.412 e. The highest BCUT2D eigenvalue weighted by Gasteiger charge is 2.25. The zero-order chi connectivity index (χ0) is 29.7. The van der Waals surface area contributed by atoms with Crippen molar-refractivity contribution in [3.05, 3.63) is 66.1 Å². The van der Waals surface area contributed by atoms with E-state index in [-0.39, 0.29) is 58.9 Å². The molecule has 5 rings (SSSR count). The summed E-state index contributed by atoms with van der Waals surface area (Å²) in [6, 6.07) is 12.3. The molecule has 1 aliphatic rings. The molecule has 1 amide bonds. The molecule has 42 heavy (non-hydrogen) atoms. The van der Waals surface area contributed by atoms with Gasteiger partial charge < -0.3 is 33.0 Å². The quantitative estimate of drug-likeness (QED) is 0.229. The number of aryl methyl sites for hydroxylation is 1. The molecule has 0 saturated heterocycles. The number of hydrogen-bond acceptors (Lipinski definition) is 11. The molecule has 14 nitrogen and oxygen atoms in total. The first kappa shape index (κ1) is 28.6. The molecule has 0 radical (unpaired) electrons. The number of rotatable bonds is 11. The number of halogens is 1. The zero-order valence-corrected chi connectivity index (χ0v) is 23.8. The summed E-state index contributed by atoms with van der Waals surface area (Å²) in [5, 5.41) is 2.78. The summed E-state index contributed by atoms with van der Waals surface area (Å²) in [6.45, 7) is -0.346. The number of methoxy groups -OCH3 is 1. The number of carbonyl (C=O) groups is 1. The van der Waals surface area contributed by atoms with Gasteiger partial charge in [-0.2, -0.15) is 4.98 Å². The van der Waals surface area contributed by atoms with Crippen molar-refractivity contribution in [1.82, 2.24) is 14.5 Å². The summed E-state index contributed by atoms with van der Waals surface area (Å²) in [7, 11) is -0.972. The first-order valence-electron chi connectivity index (χ1n) is 12.2. The van der Waals surface area contributed by atoms with Crippen LogP contribution in [0.3, 0.4) is 0 Å². The Hall–Kier alpha value is -4.89. The van der Waals surface area contributed by atoms with Gasteiger partial charge in [0.2, 0.25) is 12.5 Å². The first-order valence-corrected chi connectivity index (χ1v) is 14.1. The highest BCUT2D eigenvalue weighted by Crippen LogP contribution is 2.41. The van der Waals surface area contributed by atoms with Gasteiger partial charge in [0, 0.05) is 25.4 Å². The minimum atomic E-state index is -4.20. The van der Waals surface area contributed by atoms with E-state index in [0.29, 0.717) is 17.3 Å². The van der Waals surface area contributed by atoms with Crippen molar-refractivity contribution >= 4 is 39.4 Å². The molecule has 2 aromatic heterocycles. The van der Waals surface area contributed by atoms with Crippen LogP contribution in [0.1, 0.15) is 0 Å². The summed E-state index contributed by atoms with van der Waals surface area (Å²) in [6.07, 6.45) is 2.15. The molecule has 1 aliphatic heterocycles. The van der Waals surface area contributed by atoms with E-state index >= 15 is 0 Å². The highest BCUT2D eigenvalue weighted by atomic mass is 35.5. The number of sulfonamides is 1. The summed E-state index contributed by atoms with van der Waals surface area (Å²) >= 11 is 6.33. The largest absolute Gasteiger partial charge is 0.497 e. The summed E-state index contributed by atoms with van der Waals surface area (Å²) in [5.74, 6) is 1.17. The van der Waals surface area contributed by atoms with Crippen molar-refractivity contribution in [2.24, 2.45) is 7.05 Å². The minimum absolute atomic E-state index is 0.0182. The van der Waals surface area contributed by atoms with Gasteiger partial charge in [0.25, 0.3) is 15.9 Å². The van der Waals surface area contributed by atoms with Crippen molar-refractivity contribution in [2.75, 3.05) is 37.2 Å². The smallest absolute Gasteiger partial charge is 0.412 e. The molecule has 0 bridgehead atoms. The van der Waals surface area contributed by atoms with E-state index in [2.05, 4.69) is 20.0 Å². The normalized spacial score (nSPS) is 12.0. The maximum absolute atomic E-state index is 13.3. The number of nitrogens with one attached hydrogen (secondary N) is 2. The number of hydrogen-bond donors (Lipinski definition) is 2. The molecule has 220 valence electrons. The Morgan fingerprint density at radius 3 is 2.71 bits per heavy atom. The lowest BCUT2D eigenvalue weighted by Gasteiger charge is -2.17. The van der Waals surface area contributed by atoms with Gasteiger partial charge in [0.15, 0.2) is 17.3 Å². The maximum atomic E-state index is 13.3. The Morgan fingerprint density at radius 1 is 1.10 bits per heavy atom. The van der Waals surface area contributed by atoms with Crippen LogP contribution in [0.5, 0.6) is 34.6 Å². The fraction of sp³-hybridized carbons (Fsp3) is 0.192. The van der Waals surface area contributed by atoms with Crippen molar-refractivity contribution in [1.29, 1.82) is 0 Å². The molecule has 0 aliphatic carbocycles. The number of fused-ring (bicyclic) bond motifs is 1. The van der Waals surface area contributed by atoms with Gasteiger partial charge in [-0.25, -0.2) is 18.2 Å². The number of ether oxygens (including phenoxy) is 6. The Morgan fingerprint density at radius 2 is 1.93 bits per heavy atom. The van der Waals surface area contributed by atoms with Crippen molar-refractivity contribution in [3.63, 3.8) is 0 Å². The van der Waals surface area contributed by atoms with Crippen LogP contribution in [0.2, 0.25) is 5.02 Å². The van der Waals surface area contributed by atoms with Gasteiger partial charge >= 0.3 is 6.09 Å². The van der Waals surface area contributed by atoms with Crippen LogP contribution in [-0.4, -0.2) is 56.2 Å². The molecule has 4 aromatic rings. The number of nitrogens with zero attached hydrogens (tertiary/aromatic N) is 3. The van der Waals surface area contributed by atoms with Crippen molar-refractivity contribution < 1.29 is 41.6 Å². The SMILES string of the molecule is COc1ccc(Cl)c(Oc2c(NS(=O)(=O)c3ccc4c(c3)OCO4)ncnc2OCCOC(=O)Nc2cccn2C)c1. The van der Waals surface area contributed by atoms with Crippen LogP contribution >= 0.6 is 11.6 Å². The van der Waals surface area contributed by atoms with Gasteiger partial charge in [-0.15, -0.1) is 0 Å². The van der Waals surface area contributed by atoms with E-state index in [0.717, 1.165) is 6.33 Å². The third-order valence-electron chi connectivity index (χ3n) is 5.74. The fourth-order valence-electron chi connectivity index (χ4n) is 3.66. The Kier molecular flexibility index (Phi) is 8.40. The number of amides is 1. The van der Waals surface area contributed by atoms with Crippen molar-refractivity contribution in [3.8, 4) is 34.6 Å². The van der Waals surface area contributed by atoms with Gasteiger partial charge in [-0.3, -0.25) is 10.0 Å². The van der Waals surface area contributed by atoms with Crippen LogP contribution in [0, 0.1) is 0 Å². The topological polar surface area (TPSA) is 161 Å². The van der Waals surface area contributed by atoms with Gasteiger partial charge in [0.1, 0.15) is 36.9 Å². The van der Waals surface area contributed by atoms with Crippen LogP contribution < -0.4 is 33.7 Å². The molecule has 2 N–H and O–H groups in total. The number of anilines is 2. The molecular weight excluding hydrogens is 594 g/mol. The molecule has 0 unspecified atom stereocenters. The molecule has 3 heterocycles. The summed E-state index contributed by atoms with van der Waals surface area (Å²) < 4.78 is 63.3.